The molecule has 4 N–H and O–H groups in total. The third-order valence-electron chi connectivity index (χ3n) is 4.78. The highest BCUT2D eigenvalue weighted by molar-refractivity contribution is 6.28. The molecule has 2 radical (unpaired) electrons. The lowest BCUT2D eigenvalue weighted by atomic mass is 9.60. The van der Waals surface area contributed by atoms with Crippen LogP contribution in [0.15, 0.2) is 34.8 Å². The van der Waals surface area contributed by atoms with E-state index in [1.165, 1.54) is 6.08 Å². The zero-order chi connectivity index (χ0) is 17.8. The summed E-state index contributed by atoms with van der Waals surface area (Å²) in [5, 5.41) is 20.4. The van der Waals surface area contributed by atoms with Crippen LogP contribution in [0.5, 0.6) is 0 Å². The van der Waals surface area contributed by atoms with Gasteiger partial charge in [0.05, 0.1) is 12.0 Å². The van der Waals surface area contributed by atoms with E-state index in [0.717, 1.165) is 0 Å². The molecule has 0 aliphatic heterocycles. The van der Waals surface area contributed by atoms with Gasteiger partial charge >= 0.3 is 0 Å². The molecule has 0 aromatic heterocycles. The lowest BCUT2D eigenvalue weighted by Crippen LogP contribution is -2.55. The zero-order valence-electron chi connectivity index (χ0n) is 13.3. The minimum absolute atomic E-state index is 0.134. The highest BCUT2D eigenvalue weighted by Crippen LogP contribution is 2.46. The van der Waals surface area contributed by atoms with Gasteiger partial charge in [-0.3, -0.25) is 19.3 Å². The summed E-state index contributed by atoms with van der Waals surface area (Å²) < 4.78 is 0. The van der Waals surface area contributed by atoms with Crippen LogP contribution in [-0.2, 0) is 14.4 Å². The second-order valence-corrected chi connectivity index (χ2v) is 6.39. The van der Waals surface area contributed by atoms with Gasteiger partial charge in [0, 0.05) is 17.4 Å². The van der Waals surface area contributed by atoms with E-state index in [4.69, 9.17) is 5.73 Å². The van der Waals surface area contributed by atoms with Gasteiger partial charge in [-0.1, -0.05) is 6.08 Å². The van der Waals surface area contributed by atoms with Crippen LogP contribution in [0.1, 0.15) is 0 Å². The number of carbonyl (C=O) groups is 3. The third kappa shape index (κ3) is 2.19. The number of nitrogens with two attached hydrogens (primary N) is 1. The molecular weight excluding hydrogens is 312 g/mol. The number of aliphatic hydroxyl groups excluding tert-OH is 2. The minimum Gasteiger partial charge on any atom is -0.510 e. The Balaban J connectivity index is 2.16. The number of aliphatic hydroxyl groups is 2. The van der Waals surface area contributed by atoms with Gasteiger partial charge in [-0.2, -0.15) is 0 Å². The summed E-state index contributed by atoms with van der Waals surface area (Å²) in [6.45, 7) is 0. The van der Waals surface area contributed by atoms with Crippen molar-refractivity contribution < 1.29 is 24.6 Å². The number of amides is 1. The zero-order valence-corrected chi connectivity index (χ0v) is 13.3. The Bertz CT molecular complexity index is 731. The summed E-state index contributed by atoms with van der Waals surface area (Å²) >= 11 is 0. The smallest absolute Gasteiger partial charge is 0.255 e. The van der Waals surface area contributed by atoms with E-state index in [2.05, 4.69) is 0 Å². The molecule has 1 saturated carbocycles. The van der Waals surface area contributed by atoms with E-state index in [0.29, 0.717) is 0 Å². The van der Waals surface area contributed by atoms with Gasteiger partial charge in [-0.15, -0.1) is 0 Å². The Kier molecular flexibility index (Phi) is 3.83. The summed E-state index contributed by atoms with van der Waals surface area (Å²) in [6.07, 6.45) is 6.52. The molecule has 7 heteroatoms. The molecule has 3 aliphatic rings. The molecule has 7 nitrogen and oxygen atoms in total. The van der Waals surface area contributed by atoms with Crippen molar-refractivity contribution in [3.63, 3.8) is 0 Å². The molecule has 3 unspecified atom stereocenters. The number of nitrogens with zero attached hydrogens (tertiary/aromatic N) is 1. The van der Waals surface area contributed by atoms with E-state index >= 15 is 0 Å². The van der Waals surface area contributed by atoms with Gasteiger partial charge in [0.2, 0.25) is 0 Å². The van der Waals surface area contributed by atoms with Crippen LogP contribution in [-0.4, -0.2) is 52.7 Å². The van der Waals surface area contributed by atoms with Crippen LogP contribution in [0.2, 0.25) is 0 Å². The van der Waals surface area contributed by atoms with E-state index in [1.807, 2.05) is 0 Å². The van der Waals surface area contributed by atoms with Crippen LogP contribution in [0.3, 0.4) is 0 Å². The molecule has 0 heterocycles. The van der Waals surface area contributed by atoms with Crippen molar-refractivity contribution >= 4 is 17.5 Å². The summed E-state index contributed by atoms with van der Waals surface area (Å²) in [5.41, 5.74) is 4.84. The largest absolute Gasteiger partial charge is 0.510 e. The van der Waals surface area contributed by atoms with E-state index < -0.39 is 52.6 Å². The van der Waals surface area contributed by atoms with E-state index in [-0.39, 0.29) is 11.3 Å². The van der Waals surface area contributed by atoms with Crippen molar-refractivity contribution in [2.45, 2.75) is 6.04 Å². The fourth-order valence-corrected chi connectivity index (χ4v) is 3.80. The Morgan fingerprint density at radius 1 is 1.21 bits per heavy atom. The topological polar surface area (TPSA) is 121 Å². The summed E-state index contributed by atoms with van der Waals surface area (Å²) in [7, 11) is 3.36. The number of ketones is 2. The number of rotatable bonds is 2. The molecule has 126 valence electrons. The van der Waals surface area contributed by atoms with Crippen LogP contribution in [0.25, 0.3) is 0 Å². The van der Waals surface area contributed by atoms with Crippen LogP contribution in [0.4, 0.5) is 0 Å². The number of likely N-dealkylation sites (N-methyl/N-ethyl adjacent to an activating group) is 1. The summed E-state index contributed by atoms with van der Waals surface area (Å²) in [4.78, 5) is 38.8. The lowest BCUT2D eigenvalue weighted by molar-refractivity contribution is -0.135. The van der Waals surface area contributed by atoms with Crippen molar-refractivity contribution in [2.75, 3.05) is 14.1 Å². The molecular formula is C17H18N2O5. The van der Waals surface area contributed by atoms with Gasteiger partial charge in [-0.05, 0) is 33.0 Å². The Morgan fingerprint density at radius 2 is 1.88 bits per heavy atom. The molecule has 0 aromatic carbocycles. The second kappa shape index (κ2) is 5.59. The molecule has 0 saturated heterocycles. The maximum Gasteiger partial charge on any atom is 0.255 e. The SMILES string of the molecule is CN(C)[C@@H]1C(O)=C(C(N)=O)C(=O)C2C(=O)C3=C(O)C=C[CH]C3[CH]C21. The second-order valence-electron chi connectivity index (χ2n) is 6.39. The van der Waals surface area contributed by atoms with Crippen LogP contribution in [0, 0.1) is 30.6 Å². The molecule has 4 atom stereocenters. The number of fused-ring (bicyclic) bond motifs is 2. The highest BCUT2D eigenvalue weighted by Gasteiger charge is 2.54. The first-order valence-electron chi connectivity index (χ1n) is 7.53. The molecule has 3 aliphatic carbocycles. The Hall–Kier alpha value is -2.41. The molecule has 1 amide bonds. The standard InChI is InChI=1S/C17H18N2O5/c1-19(2)13-8-6-7-4-3-5-9(20)10(7)14(21)11(8)15(22)12(16(13)23)17(18)24/h3-8,11,13,20,23H,1-2H3,(H2,18,24)/t7?,8?,11?,13-/m0/s1. The monoisotopic (exact) mass is 330 g/mol. The molecule has 3 rings (SSSR count). The number of hydrogen-bond donors (Lipinski definition) is 3. The summed E-state index contributed by atoms with van der Waals surface area (Å²) in [5.74, 6) is -5.22. The Morgan fingerprint density at radius 3 is 2.46 bits per heavy atom. The first-order valence-corrected chi connectivity index (χ1v) is 7.53. The van der Waals surface area contributed by atoms with Crippen molar-refractivity contribution in [3.8, 4) is 0 Å². The minimum atomic E-state index is -1.18. The van der Waals surface area contributed by atoms with E-state index in [9.17, 15) is 24.6 Å². The molecule has 24 heavy (non-hydrogen) atoms. The predicted molar refractivity (Wildman–Crippen MR) is 84.2 cm³/mol. The third-order valence-corrected chi connectivity index (χ3v) is 4.78. The maximum atomic E-state index is 12.9. The number of Topliss-reactive ketones (excluding diaryl/α,β-unsaturated/α-hetero) is 2. The lowest BCUT2D eigenvalue weighted by Gasteiger charge is -2.45. The fraction of sp³-hybridized carbons (Fsp3) is 0.353. The molecule has 0 bridgehead atoms. The quantitative estimate of drug-likeness (QED) is 0.485. The van der Waals surface area contributed by atoms with Gasteiger partial charge < -0.3 is 15.9 Å². The maximum absolute atomic E-state index is 12.9. The Labute approximate surface area is 139 Å². The number of primary amides is 1. The van der Waals surface area contributed by atoms with Gasteiger partial charge in [-0.25, -0.2) is 0 Å². The average Bonchev–Trinajstić information content (AvgIpc) is 2.45. The average molecular weight is 330 g/mol. The fourth-order valence-electron chi connectivity index (χ4n) is 3.80. The summed E-state index contributed by atoms with van der Waals surface area (Å²) in [6, 6.07) is -0.720. The molecule has 0 aromatic rings. The van der Waals surface area contributed by atoms with Crippen molar-refractivity contribution in [3.05, 3.63) is 47.7 Å². The van der Waals surface area contributed by atoms with Crippen molar-refractivity contribution in [1.29, 1.82) is 0 Å². The molecule has 1 fully saturated rings. The number of allylic oxidation sites excluding steroid dienone is 3. The first kappa shape index (κ1) is 16.4. The van der Waals surface area contributed by atoms with Crippen molar-refractivity contribution in [1.82, 2.24) is 4.90 Å². The number of carbonyl (C=O) groups excluding carboxylic acids is 3. The molecule has 0 spiro atoms. The number of hydrogen-bond acceptors (Lipinski definition) is 6. The van der Waals surface area contributed by atoms with Crippen LogP contribution < -0.4 is 5.73 Å². The highest BCUT2D eigenvalue weighted by atomic mass is 16.3. The van der Waals surface area contributed by atoms with Gasteiger partial charge in [0.1, 0.15) is 17.1 Å². The van der Waals surface area contributed by atoms with Gasteiger partial charge in [0.15, 0.2) is 11.6 Å². The van der Waals surface area contributed by atoms with E-state index in [1.54, 1.807) is 37.9 Å². The van der Waals surface area contributed by atoms with Crippen molar-refractivity contribution in [2.24, 2.45) is 23.5 Å². The normalized spacial score (nSPS) is 33.0. The van der Waals surface area contributed by atoms with Gasteiger partial charge in [0.25, 0.3) is 5.91 Å². The van der Waals surface area contributed by atoms with Crippen LogP contribution >= 0.6 is 0 Å². The predicted octanol–water partition coefficient (Wildman–Crippen LogP) is 0.0185. The first-order chi connectivity index (χ1) is 11.3.